The van der Waals surface area contributed by atoms with E-state index >= 15 is 0 Å². The van der Waals surface area contributed by atoms with Gasteiger partial charge in [-0.15, -0.1) is 0 Å². The summed E-state index contributed by atoms with van der Waals surface area (Å²) in [6.45, 7) is 8.24. The molecule has 0 radical (unpaired) electrons. The van der Waals surface area contributed by atoms with Crippen molar-refractivity contribution in [2.24, 2.45) is 0 Å². The molecule has 0 bridgehead atoms. The molecule has 1 saturated heterocycles. The van der Waals surface area contributed by atoms with Crippen LogP contribution in [0.5, 0.6) is 0 Å². The average Bonchev–Trinajstić information content (AvgIpc) is 2.70. The third-order valence-electron chi connectivity index (χ3n) is 3.26. The quantitative estimate of drug-likeness (QED) is 0.732. The molecular weight excluding hydrogens is 219 g/mol. The van der Waals surface area contributed by atoms with Crippen LogP contribution in [0.4, 0.5) is 0 Å². The van der Waals surface area contributed by atoms with Crippen molar-refractivity contribution in [2.75, 3.05) is 0 Å². The standard InChI is InChI=1S/C12H17BO2S/c1-11(2)12(3,4)15-13(14-11)7-5-10-6-8-16-9-10/h5-9H,1-4H3. The molecule has 1 aliphatic rings. The summed E-state index contributed by atoms with van der Waals surface area (Å²) in [5, 5.41) is 4.16. The molecule has 0 atom stereocenters. The zero-order chi connectivity index (χ0) is 11.8. The van der Waals surface area contributed by atoms with Crippen LogP contribution in [-0.4, -0.2) is 18.3 Å². The normalized spacial score (nSPS) is 23.1. The topological polar surface area (TPSA) is 18.5 Å². The zero-order valence-electron chi connectivity index (χ0n) is 10.2. The van der Waals surface area contributed by atoms with E-state index in [1.807, 2.05) is 12.1 Å². The molecule has 0 N–H and O–H groups in total. The molecule has 0 saturated carbocycles. The van der Waals surface area contributed by atoms with Crippen LogP contribution in [-0.2, 0) is 9.31 Å². The third kappa shape index (κ3) is 2.24. The summed E-state index contributed by atoms with van der Waals surface area (Å²) >= 11 is 1.69. The lowest BCUT2D eigenvalue weighted by Crippen LogP contribution is -2.41. The molecule has 0 amide bonds. The van der Waals surface area contributed by atoms with Gasteiger partial charge < -0.3 is 9.31 Å². The molecule has 86 valence electrons. The predicted octanol–water partition coefficient (Wildman–Crippen LogP) is 3.39. The summed E-state index contributed by atoms with van der Waals surface area (Å²) < 4.78 is 11.7. The van der Waals surface area contributed by atoms with E-state index in [4.69, 9.17) is 9.31 Å². The van der Waals surface area contributed by atoms with Gasteiger partial charge in [0.15, 0.2) is 0 Å². The van der Waals surface area contributed by atoms with Crippen LogP contribution in [0.1, 0.15) is 33.3 Å². The first-order valence-corrected chi connectivity index (χ1v) is 6.41. The lowest BCUT2D eigenvalue weighted by molar-refractivity contribution is 0.00578. The fourth-order valence-corrected chi connectivity index (χ4v) is 2.16. The SMILES string of the molecule is CC1(C)OB(C=Cc2ccsc2)OC1(C)C. The van der Waals surface area contributed by atoms with E-state index in [2.05, 4.69) is 44.5 Å². The van der Waals surface area contributed by atoms with E-state index in [0.29, 0.717) is 0 Å². The Labute approximate surface area is 101 Å². The molecule has 0 unspecified atom stereocenters. The van der Waals surface area contributed by atoms with Gasteiger partial charge in [0.05, 0.1) is 11.2 Å². The van der Waals surface area contributed by atoms with Gasteiger partial charge in [0, 0.05) is 0 Å². The van der Waals surface area contributed by atoms with Crippen LogP contribution in [0.3, 0.4) is 0 Å². The molecule has 1 aromatic heterocycles. The molecule has 2 heterocycles. The summed E-state index contributed by atoms with van der Waals surface area (Å²) in [5.41, 5.74) is 0.688. The molecule has 2 rings (SSSR count). The number of thiophene rings is 1. The summed E-state index contributed by atoms with van der Waals surface area (Å²) in [6.07, 6.45) is 2.04. The van der Waals surface area contributed by atoms with Gasteiger partial charge in [0.1, 0.15) is 0 Å². The Morgan fingerprint density at radius 1 is 1.19 bits per heavy atom. The Balaban J connectivity index is 2.05. The van der Waals surface area contributed by atoms with Crippen molar-refractivity contribution >= 4 is 24.5 Å². The zero-order valence-corrected chi connectivity index (χ0v) is 11.0. The van der Waals surface area contributed by atoms with Crippen molar-refractivity contribution < 1.29 is 9.31 Å². The van der Waals surface area contributed by atoms with E-state index in [1.54, 1.807) is 11.3 Å². The Morgan fingerprint density at radius 2 is 1.81 bits per heavy atom. The molecule has 2 nitrogen and oxygen atoms in total. The molecule has 0 aromatic carbocycles. The van der Waals surface area contributed by atoms with Crippen molar-refractivity contribution in [3.05, 3.63) is 28.4 Å². The summed E-state index contributed by atoms with van der Waals surface area (Å²) in [5.74, 6) is 1.97. The minimum absolute atomic E-state index is 0.245. The Morgan fingerprint density at radius 3 is 2.31 bits per heavy atom. The van der Waals surface area contributed by atoms with Gasteiger partial charge in [-0.1, -0.05) is 12.1 Å². The minimum atomic E-state index is -0.253. The monoisotopic (exact) mass is 236 g/mol. The van der Waals surface area contributed by atoms with Crippen molar-refractivity contribution in [1.29, 1.82) is 0 Å². The Bertz CT molecular complexity index is 366. The first-order valence-electron chi connectivity index (χ1n) is 5.47. The largest absolute Gasteiger partial charge is 0.487 e. The molecule has 0 spiro atoms. The first kappa shape index (κ1) is 11.9. The fraction of sp³-hybridized carbons (Fsp3) is 0.500. The van der Waals surface area contributed by atoms with Crippen molar-refractivity contribution in [3.63, 3.8) is 0 Å². The van der Waals surface area contributed by atoms with Gasteiger partial charge in [-0.3, -0.25) is 0 Å². The molecule has 16 heavy (non-hydrogen) atoms. The highest BCUT2D eigenvalue weighted by molar-refractivity contribution is 7.08. The highest BCUT2D eigenvalue weighted by Gasteiger charge is 2.49. The third-order valence-corrected chi connectivity index (χ3v) is 3.96. The van der Waals surface area contributed by atoms with Crippen LogP contribution in [0.15, 0.2) is 22.8 Å². The van der Waals surface area contributed by atoms with Gasteiger partial charge in [-0.2, -0.15) is 11.3 Å². The van der Waals surface area contributed by atoms with E-state index in [1.165, 1.54) is 5.56 Å². The van der Waals surface area contributed by atoms with Crippen molar-refractivity contribution in [1.82, 2.24) is 0 Å². The second-order valence-electron chi connectivity index (χ2n) is 5.04. The van der Waals surface area contributed by atoms with E-state index in [-0.39, 0.29) is 18.3 Å². The predicted molar refractivity (Wildman–Crippen MR) is 69.4 cm³/mol. The smallest absolute Gasteiger partial charge is 0.400 e. The molecule has 0 aliphatic carbocycles. The van der Waals surface area contributed by atoms with Gasteiger partial charge in [0.2, 0.25) is 0 Å². The van der Waals surface area contributed by atoms with Gasteiger partial charge in [0.25, 0.3) is 0 Å². The first-order chi connectivity index (χ1) is 7.41. The number of hydrogen-bond acceptors (Lipinski definition) is 3. The van der Waals surface area contributed by atoms with Crippen LogP contribution in [0.25, 0.3) is 6.08 Å². The van der Waals surface area contributed by atoms with Gasteiger partial charge in [-0.05, 0) is 50.1 Å². The number of hydrogen-bond donors (Lipinski definition) is 0. The second kappa shape index (κ2) is 4.02. The maximum Gasteiger partial charge on any atom is 0.487 e. The minimum Gasteiger partial charge on any atom is -0.400 e. The van der Waals surface area contributed by atoms with Gasteiger partial charge >= 0.3 is 7.12 Å². The van der Waals surface area contributed by atoms with Crippen LogP contribution >= 0.6 is 11.3 Å². The average molecular weight is 236 g/mol. The molecular formula is C12H17BO2S. The van der Waals surface area contributed by atoms with Crippen molar-refractivity contribution in [3.8, 4) is 0 Å². The van der Waals surface area contributed by atoms with Crippen molar-refractivity contribution in [2.45, 2.75) is 38.9 Å². The van der Waals surface area contributed by atoms with Crippen LogP contribution in [0, 0.1) is 0 Å². The lowest BCUT2D eigenvalue weighted by atomic mass is 9.89. The maximum atomic E-state index is 5.86. The molecule has 1 aliphatic heterocycles. The van der Waals surface area contributed by atoms with E-state index < -0.39 is 0 Å². The second-order valence-corrected chi connectivity index (χ2v) is 5.82. The van der Waals surface area contributed by atoms with Crippen LogP contribution in [0.2, 0.25) is 0 Å². The molecule has 1 fully saturated rings. The summed E-state index contributed by atoms with van der Waals surface area (Å²) in [6, 6.07) is 2.08. The highest BCUT2D eigenvalue weighted by atomic mass is 32.1. The van der Waals surface area contributed by atoms with E-state index in [0.717, 1.165) is 0 Å². The maximum absolute atomic E-state index is 5.86. The highest BCUT2D eigenvalue weighted by Crippen LogP contribution is 2.36. The molecule has 4 heteroatoms. The Kier molecular flexibility index (Phi) is 2.99. The van der Waals surface area contributed by atoms with Gasteiger partial charge in [-0.25, -0.2) is 0 Å². The van der Waals surface area contributed by atoms with Crippen LogP contribution < -0.4 is 0 Å². The lowest BCUT2D eigenvalue weighted by Gasteiger charge is -2.32. The summed E-state index contributed by atoms with van der Waals surface area (Å²) in [4.78, 5) is 0. The Hall–Kier alpha value is -0.575. The summed E-state index contributed by atoms with van der Waals surface area (Å²) in [7, 11) is -0.245. The fourth-order valence-electron chi connectivity index (χ4n) is 1.53. The molecule has 1 aromatic rings. The van der Waals surface area contributed by atoms with E-state index in [9.17, 15) is 0 Å². The number of rotatable bonds is 2.